The number of anilines is 1. The van der Waals surface area contributed by atoms with Gasteiger partial charge in [-0.25, -0.2) is 0 Å². The molecule has 1 N–H and O–H groups in total. The van der Waals surface area contributed by atoms with Crippen LogP contribution in [-0.2, 0) is 38.7 Å². The molecule has 1 fully saturated rings. The molecule has 0 spiro atoms. The summed E-state index contributed by atoms with van der Waals surface area (Å²) in [5.74, 6) is -0.745. The molecule has 0 saturated carbocycles. The summed E-state index contributed by atoms with van der Waals surface area (Å²) in [7, 11) is -6.22. The average molecular weight is 989 g/mol. The zero-order valence-electron chi connectivity index (χ0n) is 41.9. The molecule has 69 heavy (non-hydrogen) atoms. The molecule has 1 amide bonds. The summed E-state index contributed by atoms with van der Waals surface area (Å²) >= 11 is 0. The molecule has 3 aromatic carbocycles. The third-order valence-corrected chi connectivity index (χ3v) is 23.2. The number of hydrogen-bond donors (Lipinski definition) is 1. The average Bonchev–Trinajstić information content (AvgIpc) is 3.64. The van der Waals surface area contributed by atoms with E-state index < -0.39 is 58.2 Å². The minimum Gasteiger partial charge on any atom is -0.466 e. The lowest BCUT2D eigenvalue weighted by atomic mass is 9.94. The summed E-state index contributed by atoms with van der Waals surface area (Å²) in [6, 6.07) is 29.7. The number of rotatable bonds is 24. The maximum Gasteiger partial charge on any atom is 0.334 e. The van der Waals surface area contributed by atoms with Crippen molar-refractivity contribution in [1.82, 2.24) is 4.57 Å². The predicted octanol–water partition coefficient (Wildman–Crippen LogP) is 12.2. The van der Waals surface area contributed by atoms with Crippen LogP contribution < -0.4 is 5.32 Å². The van der Waals surface area contributed by atoms with E-state index in [0.29, 0.717) is 43.5 Å². The van der Waals surface area contributed by atoms with Crippen molar-refractivity contribution in [3.8, 4) is 22.4 Å². The van der Waals surface area contributed by atoms with Crippen molar-refractivity contribution in [2.75, 3.05) is 18.5 Å². The number of nitrogens with zero attached hydrogens (tertiary/aromatic N) is 3. The molecule has 376 valence electrons. The molecule has 0 unspecified atom stereocenters. The molecule has 2 heterocycles. The van der Waals surface area contributed by atoms with Crippen LogP contribution >= 0.6 is 0 Å². The number of benzene rings is 3. The first-order chi connectivity index (χ1) is 32.8. The molecular formula is C51H72N4O12Si2. The largest absolute Gasteiger partial charge is 0.466 e. The summed E-state index contributed by atoms with van der Waals surface area (Å²) in [5, 5.41) is 22.8. The molecule has 3 atom stereocenters. The number of amides is 1. The van der Waals surface area contributed by atoms with Gasteiger partial charge in [-0.15, -0.1) is 20.2 Å². The van der Waals surface area contributed by atoms with Crippen molar-refractivity contribution in [2.24, 2.45) is 0 Å². The number of esters is 1. The van der Waals surface area contributed by atoms with E-state index in [-0.39, 0.29) is 53.4 Å². The smallest absolute Gasteiger partial charge is 0.334 e. The maximum atomic E-state index is 14.8. The van der Waals surface area contributed by atoms with Gasteiger partial charge in [-0.1, -0.05) is 148 Å². The van der Waals surface area contributed by atoms with Gasteiger partial charge in [0.05, 0.1) is 36.5 Å². The molecular weight excluding hydrogens is 917 g/mol. The van der Waals surface area contributed by atoms with Crippen molar-refractivity contribution in [2.45, 2.75) is 161 Å². The fraction of sp³-hybridized carbons (Fsp3) is 0.529. The van der Waals surface area contributed by atoms with Crippen molar-refractivity contribution in [3.05, 3.63) is 122 Å². The number of ether oxygens (including phenoxy) is 1. The Kier molecular flexibility index (Phi) is 19.7. The van der Waals surface area contributed by atoms with Gasteiger partial charge in [-0.05, 0) is 83.4 Å². The summed E-state index contributed by atoms with van der Waals surface area (Å²) in [4.78, 5) is 59.1. The molecule has 16 nitrogen and oxygen atoms in total. The minimum absolute atomic E-state index is 0.0212. The van der Waals surface area contributed by atoms with Crippen molar-refractivity contribution in [3.63, 3.8) is 0 Å². The Bertz CT molecular complexity index is 2280. The summed E-state index contributed by atoms with van der Waals surface area (Å²) in [6.45, 7) is 21.4. The Balaban J connectivity index is 1.54. The van der Waals surface area contributed by atoms with Gasteiger partial charge < -0.3 is 37.3 Å². The Hall–Kier alpha value is -5.41. The van der Waals surface area contributed by atoms with E-state index in [2.05, 4.69) is 101 Å². The lowest BCUT2D eigenvalue weighted by Gasteiger charge is -2.52. The first-order valence-corrected chi connectivity index (χ1v) is 28.3. The third kappa shape index (κ3) is 13.9. The highest BCUT2D eigenvalue weighted by atomic mass is 28.5. The van der Waals surface area contributed by atoms with E-state index in [1.165, 1.54) is 0 Å². The Morgan fingerprint density at radius 3 is 1.80 bits per heavy atom. The van der Waals surface area contributed by atoms with Crippen molar-refractivity contribution >= 4 is 34.7 Å². The van der Waals surface area contributed by atoms with Gasteiger partial charge in [-0.2, -0.15) is 0 Å². The Morgan fingerprint density at radius 2 is 1.28 bits per heavy atom. The van der Waals surface area contributed by atoms with Crippen LogP contribution in [0.2, 0.25) is 22.2 Å². The molecule has 1 saturated heterocycles. The number of carbonyl (C=O) groups is 2. The third-order valence-electron chi connectivity index (χ3n) is 12.8. The number of nitrogens with one attached hydrogen (secondary N) is 1. The van der Waals surface area contributed by atoms with Gasteiger partial charge >= 0.3 is 23.1 Å². The highest BCUT2D eigenvalue weighted by molar-refractivity contribution is 6.84. The van der Waals surface area contributed by atoms with Crippen LogP contribution in [0, 0.1) is 20.2 Å². The number of unbranched alkanes of at least 4 members (excludes halogenated alkanes) is 1. The van der Waals surface area contributed by atoms with E-state index in [4.69, 9.17) is 17.7 Å². The number of aromatic nitrogens is 1. The molecule has 0 bridgehead atoms. The van der Waals surface area contributed by atoms with Crippen LogP contribution in [-0.4, -0.2) is 75.3 Å². The topological polar surface area (TPSA) is 193 Å². The highest BCUT2D eigenvalue weighted by Gasteiger charge is 2.59. The van der Waals surface area contributed by atoms with E-state index in [1.54, 1.807) is 0 Å². The second-order valence-electron chi connectivity index (χ2n) is 19.4. The molecule has 18 heteroatoms. The van der Waals surface area contributed by atoms with Crippen molar-refractivity contribution < 1.29 is 47.1 Å². The Labute approximate surface area is 409 Å². The summed E-state index contributed by atoms with van der Waals surface area (Å²) in [5.41, 5.74) is 6.00. The normalized spacial score (nSPS) is 17.4. The van der Waals surface area contributed by atoms with Gasteiger partial charge in [0, 0.05) is 23.5 Å². The fourth-order valence-electron chi connectivity index (χ4n) is 9.67. The molecule has 0 aliphatic carbocycles. The van der Waals surface area contributed by atoms with Gasteiger partial charge in [0.15, 0.2) is 0 Å². The second-order valence-corrected chi connectivity index (χ2v) is 28.2. The van der Waals surface area contributed by atoms with Gasteiger partial charge in [0.2, 0.25) is 0 Å². The molecule has 4 aromatic rings. The van der Waals surface area contributed by atoms with Crippen LogP contribution in [0.5, 0.6) is 0 Å². The monoisotopic (exact) mass is 988 g/mol. The zero-order chi connectivity index (χ0) is 50.5. The van der Waals surface area contributed by atoms with E-state index in [9.17, 15) is 29.8 Å². The number of para-hydroxylation sites is 1. The Morgan fingerprint density at radius 1 is 0.739 bits per heavy atom. The summed E-state index contributed by atoms with van der Waals surface area (Å²) < 4.78 is 30.6. The second kappa shape index (κ2) is 24.9. The lowest BCUT2D eigenvalue weighted by molar-refractivity contribution is -0.790. The van der Waals surface area contributed by atoms with Gasteiger partial charge in [-0.3, -0.25) is 9.59 Å². The van der Waals surface area contributed by atoms with Crippen LogP contribution in [0.3, 0.4) is 0 Å². The standard InChI is InChI=1S/C51H72N4O12Si2/c1-35(2)49-48(51(57)52-42-26-18-13-19-27-42)47(40-22-14-11-15-23-40)50(41-24-16-12-17-25-41)53(49)30-29-43-32-45(33-46(56)62-31-21-20-28-44(64-55(60)61)34-63-54(58)59)66-69(38(7)8,39(9)10)67-68(65-43,36(3)4)37(5)6/h11-19,22-27,35-39,43-45H,20-21,28-34H2,1-10H3,(H,52,57)/t43-,44+,45-/m1/s1. The number of hydrogen-bond acceptors (Lipinski definition) is 12. The SMILES string of the molecule is CC(C)c1c(C(=O)Nc2ccccc2)c(-c2ccccc2)c(-c2ccccc2)n1CC[C@@H]1C[C@H](CC(=O)OCCCC[C@@H](CO[N+](=O)[O-])O[N+](=O)[O-])O[Si](C(C)C)(C(C)C)O[Si](C(C)C)(C(C)C)O1. The fourth-order valence-corrected chi connectivity index (χ4v) is 21.0. The van der Waals surface area contributed by atoms with Gasteiger partial charge in [0.25, 0.3) is 16.1 Å². The van der Waals surface area contributed by atoms with Crippen LogP contribution in [0.4, 0.5) is 5.69 Å². The maximum absolute atomic E-state index is 14.8. The first kappa shape index (κ1) is 54.5. The van der Waals surface area contributed by atoms with Crippen LogP contribution in [0.1, 0.15) is 130 Å². The highest BCUT2D eigenvalue weighted by Crippen LogP contribution is 2.48. The van der Waals surface area contributed by atoms with E-state index >= 15 is 0 Å². The molecule has 1 aliphatic rings. The first-order valence-electron chi connectivity index (χ1n) is 24.3. The zero-order valence-corrected chi connectivity index (χ0v) is 43.9. The van der Waals surface area contributed by atoms with Gasteiger partial charge in [0.1, 0.15) is 12.7 Å². The van der Waals surface area contributed by atoms with E-state index in [0.717, 1.165) is 28.1 Å². The van der Waals surface area contributed by atoms with Crippen LogP contribution in [0.15, 0.2) is 91.0 Å². The molecule has 1 aliphatic heterocycles. The predicted molar refractivity (Wildman–Crippen MR) is 270 cm³/mol. The quantitative estimate of drug-likeness (QED) is 0.0230. The summed E-state index contributed by atoms with van der Waals surface area (Å²) in [6.07, 6.45) is -0.579. The van der Waals surface area contributed by atoms with Crippen molar-refractivity contribution in [1.29, 1.82) is 0 Å². The molecule has 5 rings (SSSR count). The lowest BCUT2D eigenvalue weighted by Crippen LogP contribution is -2.64. The minimum atomic E-state index is -3.13. The molecule has 0 radical (unpaired) electrons. The van der Waals surface area contributed by atoms with Crippen LogP contribution in [0.25, 0.3) is 22.4 Å². The number of carbonyl (C=O) groups excluding carboxylic acids is 2. The molecule has 1 aromatic heterocycles. The van der Waals surface area contributed by atoms with E-state index in [1.807, 2.05) is 78.9 Å².